The van der Waals surface area contributed by atoms with Crippen LogP contribution < -0.4 is 5.73 Å². The molecule has 0 radical (unpaired) electrons. The molecule has 0 saturated heterocycles. The second-order valence-corrected chi connectivity index (χ2v) is 4.51. The largest absolute Gasteiger partial charge is 0.346 e. The average Bonchev–Trinajstić information content (AvgIpc) is 2.72. The molecule has 0 spiro atoms. The van der Waals surface area contributed by atoms with Gasteiger partial charge in [-0.1, -0.05) is 17.7 Å². The second kappa shape index (κ2) is 4.90. The topological polar surface area (TPSA) is 30.9 Å². The first-order chi connectivity index (χ1) is 8.08. The summed E-state index contributed by atoms with van der Waals surface area (Å²) in [5, 5.41) is 0.150. The maximum atomic E-state index is 13.0. The van der Waals surface area contributed by atoms with Crippen LogP contribution in [-0.2, 0) is 6.54 Å². The first-order valence-electron chi connectivity index (χ1n) is 5.42. The molecule has 0 bridgehead atoms. The maximum absolute atomic E-state index is 13.0. The monoisotopic (exact) mass is 252 g/mol. The molecule has 90 valence electrons. The zero-order valence-electron chi connectivity index (χ0n) is 9.53. The van der Waals surface area contributed by atoms with E-state index in [2.05, 4.69) is 0 Å². The van der Waals surface area contributed by atoms with Gasteiger partial charge in [0.05, 0.1) is 5.02 Å². The highest BCUT2D eigenvalue weighted by molar-refractivity contribution is 6.30. The summed E-state index contributed by atoms with van der Waals surface area (Å²) < 4.78 is 15.1. The van der Waals surface area contributed by atoms with Gasteiger partial charge in [-0.15, -0.1) is 0 Å². The fourth-order valence-corrected chi connectivity index (χ4v) is 2.02. The van der Waals surface area contributed by atoms with Gasteiger partial charge in [-0.2, -0.15) is 0 Å². The number of hydrogen-bond acceptors (Lipinski definition) is 1. The van der Waals surface area contributed by atoms with Gasteiger partial charge in [0, 0.05) is 24.5 Å². The number of nitrogens with two attached hydrogens (primary N) is 1. The van der Waals surface area contributed by atoms with Gasteiger partial charge in [-0.3, -0.25) is 0 Å². The molecule has 2 N–H and O–H groups in total. The van der Waals surface area contributed by atoms with Crippen molar-refractivity contribution in [3.8, 4) is 0 Å². The minimum Gasteiger partial charge on any atom is -0.346 e. The molecule has 0 aliphatic heterocycles. The highest BCUT2D eigenvalue weighted by Gasteiger charge is 2.07. The lowest BCUT2D eigenvalue weighted by molar-refractivity contribution is 0.625. The number of nitrogens with zero attached hydrogens (tertiary/aromatic N) is 1. The molecule has 1 aromatic heterocycles. The summed E-state index contributed by atoms with van der Waals surface area (Å²) in [4.78, 5) is 0. The van der Waals surface area contributed by atoms with Crippen molar-refractivity contribution in [1.29, 1.82) is 0 Å². The van der Waals surface area contributed by atoms with E-state index >= 15 is 0 Å². The highest BCUT2D eigenvalue weighted by atomic mass is 35.5. The normalized spacial score (nSPS) is 12.7. The molecule has 0 fully saturated rings. The van der Waals surface area contributed by atoms with Gasteiger partial charge in [0.15, 0.2) is 0 Å². The van der Waals surface area contributed by atoms with Gasteiger partial charge in [0.2, 0.25) is 0 Å². The molecule has 0 amide bonds. The van der Waals surface area contributed by atoms with E-state index in [0.717, 1.165) is 11.3 Å². The Balaban J connectivity index is 2.25. The van der Waals surface area contributed by atoms with Crippen LogP contribution in [0.2, 0.25) is 5.02 Å². The van der Waals surface area contributed by atoms with Gasteiger partial charge in [0.1, 0.15) is 5.82 Å². The summed E-state index contributed by atoms with van der Waals surface area (Å²) in [6.07, 6.45) is 1.95. The molecular weight excluding hydrogens is 239 g/mol. The van der Waals surface area contributed by atoms with E-state index in [1.807, 2.05) is 29.8 Å². The molecule has 0 saturated carbocycles. The summed E-state index contributed by atoms with van der Waals surface area (Å²) in [6, 6.07) is 8.65. The van der Waals surface area contributed by atoms with Crippen LogP contribution >= 0.6 is 11.6 Å². The molecule has 1 heterocycles. The molecule has 1 atom stereocenters. The van der Waals surface area contributed by atoms with E-state index < -0.39 is 5.82 Å². The predicted molar refractivity (Wildman–Crippen MR) is 67.5 cm³/mol. The van der Waals surface area contributed by atoms with E-state index in [1.54, 1.807) is 12.1 Å². The molecule has 0 aliphatic rings. The van der Waals surface area contributed by atoms with Gasteiger partial charge in [-0.25, -0.2) is 4.39 Å². The van der Waals surface area contributed by atoms with E-state index in [-0.39, 0.29) is 11.1 Å². The third-order valence-electron chi connectivity index (χ3n) is 2.67. The van der Waals surface area contributed by atoms with Gasteiger partial charge in [-0.05, 0) is 36.8 Å². The van der Waals surface area contributed by atoms with Crippen LogP contribution in [-0.4, -0.2) is 4.57 Å². The quantitative estimate of drug-likeness (QED) is 0.892. The zero-order valence-corrected chi connectivity index (χ0v) is 10.3. The second-order valence-electron chi connectivity index (χ2n) is 4.10. The van der Waals surface area contributed by atoms with Crippen molar-refractivity contribution in [3.63, 3.8) is 0 Å². The summed E-state index contributed by atoms with van der Waals surface area (Å²) in [5.41, 5.74) is 7.86. The molecule has 2 aromatic rings. The maximum Gasteiger partial charge on any atom is 0.141 e. The molecule has 17 heavy (non-hydrogen) atoms. The van der Waals surface area contributed by atoms with Gasteiger partial charge in [0.25, 0.3) is 0 Å². The Morgan fingerprint density at radius 2 is 2.18 bits per heavy atom. The van der Waals surface area contributed by atoms with E-state index in [9.17, 15) is 4.39 Å². The zero-order chi connectivity index (χ0) is 12.4. The van der Waals surface area contributed by atoms with Crippen molar-refractivity contribution in [2.24, 2.45) is 5.73 Å². The van der Waals surface area contributed by atoms with Crippen LogP contribution in [0.3, 0.4) is 0 Å². The standard InChI is InChI=1S/C13H14ClFN2/c1-9(16)13-3-2-6-17(13)8-10-4-5-12(15)11(14)7-10/h2-7,9H,8,16H2,1H3. The number of rotatable bonds is 3. The van der Waals surface area contributed by atoms with Crippen LogP contribution in [0.1, 0.15) is 24.2 Å². The Bertz CT molecular complexity index is 520. The lowest BCUT2D eigenvalue weighted by atomic mass is 10.2. The average molecular weight is 253 g/mol. The van der Waals surface area contributed by atoms with Crippen molar-refractivity contribution < 1.29 is 4.39 Å². The number of aromatic nitrogens is 1. The number of halogens is 2. The lowest BCUT2D eigenvalue weighted by Crippen LogP contribution is -2.12. The van der Waals surface area contributed by atoms with Gasteiger partial charge >= 0.3 is 0 Å². The third kappa shape index (κ3) is 2.68. The smallest absolute Gasteiger partial charge is 0.141 e. The fourth-order valence-electron chi connectivity index (χ4n) is 1.82. The molecule has 0 aliphatic carbocycles. The first-order valence-corrected chi connectivity index (χ1v) is 5.80. The van der Waals surface area contributed by atoms with Crippen molar-refractivity contribution in [2.45, 2.75) is 19.5 Å². The number of hydrogen-bond donors (Lipinski definition) is 1. The molecule has 2 rings (SSSR count). The van der Waals surface area contributed by atoms with Crippen LogP contribution in [0.4, 0.5) is 4.39 Å². The Labute approximate surface area is 105 Å². The highest BCUT2D eigenvalue weighted by Crippen LogP contribution is 2.18. The first kappa shape index (κ1) is 12.1. The Morgan fingerprint density at radius 1 is 1.41 bits per heavy atom. The molecular formula is C13H14ClFN2. The Kier molecular flexibility index (Phi) is 3.50. The lowest BCUT2D eigenvalue weighted by Gasteiger charge is -2.12. The van der Waals surface area contributed by atoms with Crippen LogP contribution in [0.25, 0.3) is 0 Å². The summed E-state index contributed by atoms with van der Waals surface area (Å²) >= 11 is 5.75. The van der Waals surface area contributed by atoms with Crippen molar-refractivity contribution in [3.05, 3.63) is 58.6 Å². The minimum atomic E-state index is -0.393. The van der Waals surface area contributed by atoms with Crippen LogP contribution in [0.5, 0.6) is 0 Å². The summed E-state index contributed by atoms with van der Waals surface area (Å²) in [7, 11) is 0. The molecule has 1 aromatic carbocycles. The van der Waals surface area contributed by atoms with Crippen molar-refractivity contribution in [1.82, 2.24) is 4.57 Å². The van der Waals surface area contributed by atoms with Crippen LogP contribution in [0.15, 0.2) is 36.5 Å². The summed E-state index contributed by atoms with van der Waals surface area (Å²) in [6.45, 7) is 2.58. The molecule has 4 heteroatoms. The summed E-state index contributed by atoms with van der Waals surface area (Å²) in [5.74, 6) is -0.393. The minimum absolute atomic E-state index is 0.0269. The van der Waals surface area contributed by atoms with E-state index in [1.165, 1.54) is 6.07 Å². The Morgan fingerprint density at radius 3 is 2.82 bits per heavy atom. The predicted octanol–water partition coefficient (Wildman–Crippen LogP) is 3.35. The number of benzene rings is 1. The van der Waals surface area contributed by atoms with E-state index in [0.29, 0.717) is 6.54 Å². The van der Waals surface area contributed by atoms with Crippen LogP contribution in [0, 0.1) is 5.82 Å². The van der Waals surface area contributed by atoms with Crippen molar-refractivity contribution >= 4 is 11.6 Å². The molecule has 2 nitrogen and oxygen atoms in total. The molecule has 1 unspecified atom stereocenters. The van der Waals surface area contributed by atoms with Crippen molar-refractivity contribution in [2.75, 3.05) is 0 Å². The fraction of sp³-hybridized carbons (Fsp3) is 0.231. The third-order valence-corrected chi connectivity index (χ3v) is 2.96. The van der Waals surface area contributed by atoms with Gasteiger partial charge < -0.3 is 10.3 Å². The Hall–Kier alpha value is -1.32. The SMILES string of the molecule is CC(N)c1cccn1Cc1ccc(F)c(Cl)c1. The van der Waals surface area contributed by atoms with E-state index in [4.69, 9.17) is 17.3 Å².